The zero-order valence-electron chi connectivity index (χ0n) is 10.4. The molecule has 0 heterocycles. The molecule has 1 aromatic carbocycles. The van der Waals surface area contributed by atoms with Crippen LogP contribution in [0.15, 0.2) is 24.3 Å². The average molecular weight is 252 g/mol. The normalized spacial score (nSPS) is 19.6. The lowest BCUT2D eigenvalue weighted by molar-refractivity contribution is -0.122. The van der Waals surface area contributed by atoms with Crippen LogP contribution in [0.3, 0.4) is 0 Å². The van der Waals surface area contributed by atoms with E-state index in [1.807, 2.05) is 12.1 Å². The third-order valence-electron chi connectivity index (χ3n) is 3.87. The highest BCUT2D eigenvalue weighted by atomic mass is 35.5. The number of Topliss-reactive ketones (excluding diaryl/α,β-unsaturated/α-hetero) is 1. The van der Waals surface area contributed by atoms with Crippen LogP contribution in [-0.4, -0.2) is 24.8 Å². The molecule has 0 aliphatic heterocycles. The average Bonchev–Trinajstić information content (AvgIpc) is 2.31. The standard InChI is InChI=1S/C14H18ClNO/c1-16(2)14(9-7-13(17)8-10-14)11-3-5-12(15)6-4-11/h3-6H,7-10H2,1-2H3. The van der Waals surface area contributed by atoms with Crippen LogP contribution < -0.4 is 0 Å². The van der Waals surface area contributed by atoms with Gasteiger partial charge in [0.25, 0.3) is 0 Å². The van der Waals surface area contributed by atoms with Gasteiger partial charge in [-0.15, -0.1) is 0 Å². The number of benzene rings is 1. The fraction of sp³-hybridized carbons (Fsp3) is 0.500. The van der Waals surface area contributed by atoms with Crippen LogP contribution in [0.4, 0.5) is 0 Å². The summed E-state index contributed by atoms with van der Waals surface area (Å²) in [7, 11) is 4.18. The molecule has 0 saturated heterocycles. The maximum Gasteiger partial charge on any atom is 0.133 e. The Morgan fingerprint density at radius 1 is 1.12 bits per heavy atom. The van der Waals surface area contributed by atoms with Crippen molar-refractivity contribution >= 4 is 17.4 Å². The van der Waals surface area contributed by atoms with E-state index < -0.39 is 0 Å². The lowest BCUT2D eigenvalue weighted by Crippen LogP contribution is -2.44. The molecule has 0 radical (unpaired) electrons. The molecule has 17 heavy (non-hydrogen) atoms. The van der Waals surface area contributed by atoms with Crippen molar-refractivity contribution in [3.8, 4) is 0 Å². The van der Waals surface area contributed by atoms with Crippen molar-refractivity contribution in [3.05, 3.63) is 34.9 Å². The molecule has 0 unspecified atom stereocenters. The first-order chi connectivity index (χ1) is 8.04. The Morgan fingerprint density at radius 2 is 1.65 bits per heavy atom. The summed E-state index contributed by atoms with van der Waals surface area (Å²) in [4.78, 5) is 13.7. The molecule has 2 nitrogen and oxygen atoms in total. The molecule has 0 amide bonds. The van der Waals surface area contributed by atoms with E-state index in [9.17, 15) is 4.79 Å². The van der Waals surface area contributed by atoms with Crippen LogP contribution in [0.2, 0.25) is 5.02 Å². The van der Waals surface area contributed by atoms with Gasteiger partial charge in [-0.25, -0.2) is 0 Å². The van der Waals surface area contributed by atoms with Gasteiger partial charge in [0.15, 0.2) is 0 Å². The topological polar surface area (TPSA) is 20.3 Å². The van der Waals surface area contributed by atoms with E-state index in [0.717, 1.165) is 17.9 Å². The number of hydrogen-bond donors (Lipinski definition) is 0. The van der Waals surface area contributed by atoms with Gasteiger partial charge in [-0.3, -0.25) is 9.69 Å². The van der Waals surface area contributed by atoms with Crippen molar-refractivity contribution in [1.82, 2.24) is 4.90 Å². The van der Waals surface area contributed by atoms with Gasteiger partial charge in [0.1, 0.15) is 5.78 Å². The molecule has 1 aromatic rings. The third-order valence-corrected chi connectivity index (χ3v) is 4.12. The van der Waals surface area contributed by atoms with E-state index in [1.165, 1.54) is 5.56 Å². The Bertz CT molecular complexity index is 401. The van der Waals surface area contributed by atoms with Crippen molar-refractivity contribution in [3.63, 3.8) is 0 Å². The quantitative estimate of drug-likeness (QED) is 0.804. The molecule has 3 heteroatoms. The Morgan fingerprint density at radius 3 is 2.12 bits per heavy atom. The highest BCUT2D eigenvalue weighted by Crippen LogP contribution is 2.40. The van der Waals surface area contributed by atoms with Crippen molar-refractivity contribution in [2.75, 3.05) is 14.1 Å². The van der Waals surface area contributed by atoms with Crippen LogP contribution in [0.5, 0.6) is 0 Å². The predicted octanol–water partition coefficient (Wildman–Crippen LogP) is 3.24. The number of carbonyl (C=O) groups is 1. The first-order valence-corrected chi connectivity index (χ1v) is 6.37. The van der Waals surface area contributed by atoms with Crippen LogP contribution in [-0.2, 0) is 10.3 Å². The van der Waals surface area contributed by atoms with Gasteiger partial charge in [0.05, 0.1) is 0 Å². The van der Waals surface area contributed by atoms with Crippen LogP contribution >= 0.6 is 11.6 Å². The third kappa shape index (κ3) is 2.38. The number of rotatable bonds is 2. The molecule has 0 spiro atoms. The molecule has 0 bridgehead atoms. The minimum absolute atomic E-state index is 0.00149. The maximum atomic E-state index is 11.4. The molecule has 0 aromatic heterocycles. The lowest BCUT2D eigenvalue weighted by atomic mass is 9.75. The summed E-state index contributed by atoms with van der Waals surface area (Å²) in [6.45, 7) is 0. The van der Waals surface area contributed by atoms with E-state index in [0.29, 0.717) is 18.6 Å². The summed E-state index contributed by atoms with van der Waals surface area (Å²) in [6.07, 6.45) is 3.17. The lowest BCUT2D eigenvalue weighted by Gasteiger charge is -2.43. The number of carbonyl (C=O) groups excluding carboxylic acids is 1. The van der Waals surface area contributed by atoms with Gasteiger partial charge in [-0.2, -0.15) is 0 Å². The summed E-state index contributed by atoms with van der Waals surface area (Å²) in [5.41, 5.74) is 1.26. The first kappa shape index (κ1) is 12.6. The summed E-state index contributed by atoms with van der Waals surface area (Å²) < 4.78 is 0. The first-order valence-electron chi connectivity index (χ1n) is 6.00. The number of hydrogen-bond acceptors (Lipinski definition) is 2. The second-order valence-corrected chi connectivity index (χ2v) is 5.41. The van der Waals surface area contributed by atoms with Gasteiger partial charge in [-0.05, 0) is 44.6 Å². The molecule has 2 rings (SSSR count). The van der Waals surface area contributed by atoms with Gasteiger partial charge < -0.3 is 0 Å². The van der Waals surface area contributed by atoms with Gasteiger partial charge >= 0.3 is 0 Å². The number of ketones is 1. The second kappa shape index (κ2) is 4.79. The Kier molecular flexibility index (Phi) is 3.55. The summed E-state index contributed by atoms with van der Waals surface area (Å²) >= 11 is 5.93. The van der Waals surface area contributed by atoms with E-state index in [1.54, 1.807) is 0 Å². The zero-order chi connectivity index (χ0) is 12.5. The molecule has 0 atom stereocenters. The number of halogens is 1. The summed E-state index contributed by atoms with van der Waals surface area (Å²) in [5, 5.41) is 0.759. The monoisotopic (exact) mass is 251 g/mol. The molecule has 1 aliphatic rings. The molecule has 92 valence electrons. The SMILES string of the molecule is CN(C)C1(c2ccc(Cl)cc2)CCC(=O)CC1. The maximum absolute atomic E-state index is 11.4. The predicted molar refractivity (Wildman–Crippen MR) is 70.3 cm³/mol. The van der Waals surface area contributed by atoms with Crippen LogP contribution in [0.25, 0.3) is 0 Å². The van der Waals surface area contributed by atoms with Crippen molar-refractivity contribution in [1.29, 1.82) is 0 Å². The van der Waals surface area contributed by atoms with E-state index >= 15 is 0 Å². The highest BCUT2D eigenvalue weighted by molar-refractivity contribution is 6.30. The van der Waals surface area contributed by atoms with Crippen molar-refractivity contribution in [2.24, 2.45) is 0 Å². The van der Waals surface area contributed by atoms with Crippen molar-refractivity contribution < 1.29 is 4.79 Å². The Balaban J connectivity index is 2.34. The molecule has 1 saturated carbocycles. The van der Waals surface area contributed by atoms with E-state index in [-0.39, 0.29) is 5.54 Å². The zero-order valence-corrected chi connectivity index (χ0v) is 11.1. The minimum atomic E-state index is -0.00149. The van der Waals surface area contributed by atoms with Crippen LogP contribution in [0, 0.1) is 0 Å². The van der Waals surface area contributed by atoms with Gasteiger partial charge in [0, 0.05) is 23.4 Å². The molecule has 1 aliphatic carbocycles. The van der Waals surface area contributed by atoms with Gasteiger partial charge in [0.2, 0.25) is 0 Å². The van der Waals surface area contributed by atoms with E-state index in [2.05, 4.69) is 31.1 Å². The van der Waals surface area contributed by atoms with Crippen LogP contribution in [0.1, 0.15) is 31.2 Å². The summed E-state index contributed by atoms with van der Waals surface area (Å²) in [6, 6.07) is 8.02. The molecule has 1 fully saturated rings. The molecule has 0 N–H and O–H groups in total. The molecular formula is C14H18ClNO. The largest absolute Gasteiger partial charge is 0.300 e. The fourth-order valence-electron chi connectivity index (χ4n) is 2.70. The Labute approximate surface area is 108 Å². The fourth-order valence-corrected chi connectivity index (χ4v) is 2.82. The van der Waals surface area contributed by atoms with Crippen molar-refractivity contribution in [2.45, 2.75) is 31.2 Å². The smallest absolute Gasteiger partial charge is 0.133 e. The van der Waals surface area contributed by atoms with E-state index in [4.69, 9.17) is 11.6 Å². The Hall–Kier alpha value is -0.860. The summed E-state index contributed by atoms with van der Waals surface area (Å²) in [5.74, 6) is 0.386. The second-order valence-electron chi connectivity index (χ2n) is 4.97. The molecular weight excluding hydrogens is 234 g/mol. The minimum Gasteiger partial charge on any atom is -0.300 e. The highest BCUT2D eigenvalue weighted by Gasteiger charge is 2.38. The number of nitrogens with zero attached hydrogens (tertiary/aromatic N) is 1. The van der Waals surface area contributed by atoms with Gasteiger partial charge in [-0.1, -0.05) is 23.7 Å².